The summed E-state index contributed by atoms with van der Waals surface area (Å²) < 4.78 is 2.01. The van der Waals surface area contributed by atoms with E-state index in [4.69, 9.17) is 0 Å². The molecule has 0 aliphatic heterocycles. The number of nitrogens with zero attached hydrogens (tertiary/aromatic N) is 4. The third kappa shape index (κ3) is 2.23. The van der Waals surface area contributed by atoms with Crippen molar-refractivity contribution in [1.82, 2.24) is 30.1 Å². The molecule has 0 aromatic carbocycles. The van der Waals surface area contributed by atoms with Crippen LogP contribution in [0.5, 0.6) is 0 Å². The highest BCUT2D eigenvalue weighted by atomic mass is 15.2. The quantitative estimate of drug-likeness (QED) is 0.649. The van der Waals surface area contributed by atoms with Crippen LogP contribution in [0, 0.1) is 0 Å². The summed E-state index contributed by atoms with van der Waals surface area (Å²) in [5.41, 5.74) is 1.97. The number of rotatable bonds is 5. The van der Waals surface area contributed by atoms with Gasteiger partial charge in [0.1, 0.15) is 5.82 Å². The van der Waals surface area contributed by atoms with Crippen LogP contribution in [0.1, 0.15) is 11.5 Å². The average molecular weight is 242 g/mol. The van der Waals surface area contributed by atoms with E-state index in [-0.39, 0.29) is 0 Å². The van der Waals surface area contributed by atoms with Gasteiger partial charge in [0.05, 0.1) is 0 Å². The first-order chi connectivity index (χ1) is 8.93. The number of nitrogens with one attached hydrogen (secondary N) is 2. The maximum absolute atomic E-state index is 4.18. The largest absolute Gasteiger partial charge is 0.311 e. The molecule has 18 heavy (non-hydrogen) atoms. The molecule has 3 aromatic rings. The van der Waals surface area contributed by atoms with Crippen LogP contribution in [0.2, 0.25) is 0 Å². The fraction of sp³-hybridized carbons (Fsp3) is 0.250. The molecule has 0 aliphatic carbocycles. The zero-order valence-electron chi connectivity index (χ0n) is 9.87. The zero-order valence-corrected chi connectivity index (χ0v) is 9.87. The van der Waals surface area contributed by atoms with Gasteiger partial charge in [-0.05, 0) is 18.2 Å². The van der Waals surface area contributed by atoms with E-state index in [9.17, 15) is 0 Å². The summed E-state index contributed by atoms with van der Waals surface area (Å²) in [7, 11) is 0. The molecule has 3 heterocycles. The Labute approximate surface area is 104 Å². The van der Waals surface area contributed by atoms with Crippen LogP contribution >= 0.6 is 0 Å². The minimum Gasteiger partial charge on any atom is -0.311 e. The van der Waals surface area contributed by atoms with E-state index in [1.54, 1.807) is 6.20 Å². The molecular formula is C12H14N6. The normalized spacial score (nSPS) is 11.1. The smallest absolute Gasteiger partial charge is 0.160 e. The molecule has 0 radical (unpaired) electrons. The number of aromatic nitrogens is 5. The Hall–Kier alpha value is -2.21. The molecule has 2 N–H and O–H groups in total. The summed E-state index contributed by atoms with van der Waals surface area (Å²) in [4.78, 5) is 0. The van der Waals surface area contributed by atoms with E-state index in [2.05, 4.69) is 25.7 Å². The molecular weight excluding hydrogens is 228 g/mol. The van der Waals surface area contributed by atoms with Crippen LogP contribution < -0.4 is 5.32 Å². The van der Waals surface area contributed by atoms with Gasteiger partial charge in [0.2, 0.25) is 0 Å². The maximum atomic E-state index is 4.18. The van der Waals surface area contributed by atoms with Crippen molar-refractivity contribution in [1.29, 1.82) is 0 Å². The predicted molar refractivity (Wildman–Crippen MR) is 67.0 cm³/mol. The van der Waals surface area contributed by atoms with Crippen LogP contribution in [0.25, 0.3) is 5.65 Å². The lowest BCUT2D eigenvalue weighted by Gasteiger charge is -2.02. The number of hydrogen-bond acceptors (Lipinski definition) is 4. The summed E-state index contributed by atoms with van der Waals surface area (Å²) in [6.07, 6.45) is 4.59. The molecule has 0 atom stereocenters. The van der Waals surface area contributed by atoms with Crippen molar-refractivity contribution >= 4 is 5.65 Å². The summed E-state index contributed by atoms with van der Waals surface area (Å²) in [5.74, 6) is 0.975. The lowest BCUT2D eigenvalue weighted by Crippen LogP contribution is -2.18. The van der Waals surface area contributed by atoms with Gasteiger partial charge in [-0.25, -0.2) is 0 Å². The van der Waals surface area contributed by atoms with Crippen molar-refractivity contribution in [3.63, 3.8) is 0 Å². The Morgan fingerprint density at radius 3 is 3.11 bits per heavy atom. The average Bonchev–Trinajstić information content (AvgIpc) is 3.04. The van der Waals surface area contributed by atoms with E-state index in [0.29, 0.717) is 0 Å². The van der Waals surface area contributed by atoms with E-state index < -0.39 is 0 Å². The first-order valence-corrected chi connectivity index (χ1v) is 5.91. The summed E-state index contributed by atoms with van der Waals surface area (Å²) in [6.45, 7) is 1.64. The van der Waals surface area contributed by atoms with Gasteiger partial charge >= 0.3 is 0 Å². The molecule has 0 saturated heterocycles. The van der Waals surface area contributed by atoms with Gasteiger partial charge in [0.15, 0.2) is 5.65 Å². The molecule has 0 bridgehead atoms. The summed E-state index contributed by atoms with van der Waals surface area (Å²) in [5, 5.41) is 18.5. The van der Waals surface area contributed by atoms with Gasteiger partial charge in [0.25, 0.3) is 0 Å². The molecule has 0 unspecified atom stereocenters. The molecule has 3 aromatic heterocycles. The molecule has 6 nitrogen and oxygen atoms in total. The van der Waals surface area contributed by atoms with E-state index in [0.717, 1.165) is 36.7 Å². The van der Waals surface area contributed by atoms with E-state index in [1.165, 1.54) is 0 Å². The predicted octanol–water partition coefficient (Wildman–Crippen LogP) is 0.785. The van der Waals surface area contributed by atoms with Gasteiger partial charge in [-0.15, -0.1) is 10.2 Å². The molecule has 0 amide bonds. The van der Waals surface area contributed by atoms with Crippen molar-refractivity contribution in [3.05, 3.63) is 48.2 Å². The third-order valence-corrected chi connectivity index (χ3v) is 2.78. The standard InChI is InChI=1S/C12H14N6/c1-2-8-18-11(3-1)16-17-12(18)5-6-13-9-10-4-7-14-15-10/h1-4,7-8,13H,5-6,9H2,(H,14,15). The van der Waals surface area contributed by atoms with Crippen LogP contribution in [-0.4, -0.2) is 31.3 Å². The fourth-order valence-electron chi connectivity index (χ4n) is 1.87. The van der Waals surface area contributed by atoms with Crippen LogP contribution in [0.3, 0.4) is 0 Å². The topological polar surface area (TPSA) is 70.9 Å². The van der Waals surface area contributed by atoms with Gasteiger partial charge in [-0.1, -0.05) is 6.07 Å². The summed E-state index contributed by atoms with van der Waals surface area (Å²) in [6, 6.07) is 7.86. The van der Waals surface area contributed by atoms with Gasteiger partial charge in [-0.2, -0.15) is 5.10 Å². The maximum Gasteiger partial charge on any atom is 0.160 e. The van der Waals surface area contributed by atoms with Crippen molar-refractivity contribution in [2.45, 2.75) is 13.0 Å². The minimum atomic E-state index is 0.788. The molecule has 3 rings (SSSR count). The number of aromatic amines is 1. The first-order valence-electron chi connectivity index (χ1n) is 5.91. The van der Waals surface area contributed by atoms with Crippen LogP contribution in [0.15, 0.2) is 36.7 Å². The molecule has 0 fully saturated rings. The van der Waals surface area contributed by atoms with Gasteiger partial charge in [0, 0.05) is 37.6 Å². The minimum absolute atomic E-state index is 0.788. The highest BCUT2D eigenvalue weighted by Crippen LogP contribution is 2.02. The molecule has 92 valence electrons. The Balaban J connectivity index is 1.57. The lowest BCUT2D eigenvalue weighted by molar-refractivity contribution is 0.655. The molecule has 0 saturated carbocycles. The third-order valence-electron chi connectivity index (χ3n) is 2.78. The molecule has 0 aliphatic rings. The van der Waals surface area contributed by atoms with E-state index >= 15 is 0 Å². The molecule has 0 spiro atoms. The highest BCUT2D eigenvalue weighted by Gasteiger charge is 2.03. The number of fused-ring (bicyclic) bond motifs is 1. The number of pyridine rings is 1. The lowest BCUT2D eigenvalue weighted by atomic mass is 10.3. The zero-order chi connectivity index (χ0) is 12.2. The Kier molecular flexibility index (Phi) is 3.01. The van der Waals surface area contributed by atoms with Gasteiger partial charge in [-0.3, -0.25) is 9.50 Å². The van der Waals surface area contributed by atoms with Crippen molar-refractivity contribution < 1.29 is 0 Å². The van der Waals surface area contributed by atoms with E-state index in [1.807, 2.05) is 34.9 Å². The second kappa shape index (κ2) is 4.97. The van der Waals surface area contributed by atoms with Gasteiger partial charge < -0.3 is 5.32 Å². The fourth-order valence-corrected chi connectivity index (χ4v) is 1.87. The molecule has 6 heteroatoms. The van der Waals surface area contributed by atoms with Crippen molar-refractivity contribution in [3.8, 4) is 0 Å². The first kappa shape index (κ1) is 10.9. The monoisotopic (exact) mass is 242 g/mol. The Morgan fingerprint density at radius 2 is 2.22 bits per heavy atom. The number of hydrogen-bond donors (Lipinski definition) is 2. The van der Waals surface area contributed by atoms with Crippen molar-refractivity contribution in [2.24, 2.45) is 0 Å². The number of H-pyrrole nitrogens is 1. The Morgan fingerprint density at radius 1 is 1.22 bits per heavy atom. The highest BCUT2D eigenvalue weighted by molar-refractivity contribution is 5.36. The van der Waals surface area contributed by atoms with Crippen molar-refractivity contribution in [2.75, 3.05) is 6.54 Å². The summed E-state index contributed by atoms with van der Waals surface area (Å²) >= 11 is 0. The second-order valence-electron chi connectivity index (χ2n) is 4.05. The SMILES string of the molecule is c1ccn2c(CCNCc3ccn[nH]3)nnc2c1. The van der Waals surface area contributed by atoms with Crippen LogP contribution in [0.4, 0.5) is 0 Å². The van der Waals surface area contributed by atoms with Crippen LogP contribution in [-0.2, 0) is 13.0 Å². The second-order valence-corrected chi connectivity index (χ2v) is 4.05. The Bertz CT molecular complexity index is 612.